The summed E-state index contributed by atoms with van der Waals surface area (Å²) in [6.07, 6.45) is 0. The van der Waals surface area contributed by atoms with Gasteiger partial charge in [-0.05, 0) is 51.0 Å². The van der Waals surface area contributed by atoms with Crippen LogP contribution in [0.4, 0.5) is 10.5 Å². The van der Waals surface area contributed by atoms with Gasteiger partial charge in [0, 0.05) is 36.3 Å². The largest absolute Gasteiger partial charge is 0.360 e. The fourth-order valence-corrected chi connectivity index (χ4v) is 5.80. The van der Waals surface area contributed by atoms with Gasteiger partial charge in [0.05, 0.1) is 0 Å². The van der Waals surface area contributed by atoms with Crippen molar-refractivity contribution in [1.82, 2.24) is 14.4 Å². The second kappa shape index (κ2) is 7.84. The molecule has 2 aromatic rings. The zero-order chi connectivity index (χ0) is 20.6. The molecule has 3 rings (SSSR count). The summed E-state index contributed by atoms with van der Waals surface area (Å²) in [6.45, 7) is 8.11. The molecule has 0 atom stereocenters. The van der Waals surface area contributed by atoms with Crippen LogP contribution in [-0.4, -0.2) is 55.0 Å². The molecule has 1 aromatic heterocycles. The number of sulfonamides is 1. The number of aromatic nitrogens is 1. The van der Waals surface area contributed by atoms with Crippen molar-refractivity contribution < 1.29 is 17.7 Å². The van der Waals surface area contributed by atoms with Crippen LogP contribution in [0.1, 0.15) is 22.6 Å². The third-order valence-electron chi connectivity index (χ3n) is 4.82. The molecule has 1 aliphatic heterocycles. The van der Waals surface area contributed by atoms with Gasteiger partial charge < -0.3 is 14.7 Å². The summed E-state index contributed by atoms with van der Waals surface area (Å²) in [5, 5.41) is 6.68. The standard InChI is InChI=1S/C18H23BrN4O4S/c1-11-9-15(19)10-12(2)16(11)20-18(24)22-5-7-23(8-6-22)28(25,26)17-13(3)21-27-14(17)4/h9-10H,5-8H2,1-4H3,(H,20,24). The van der Waals surface area contributed by atoms with Crippen LogP contribution in [0.25, 0.3) is 0 Å². The van der Waals surface area contributed by atoms with Crippen molar-refractivity contribution in [2.75, 3.05) is 31.5 Å². The van der Waals surface area contributed by atoms with Gasteiger partial charge in [-0.25, -0.2) is 13.2 Å². The number of halogens is 1. The number of hydrogen-bond acceptors (Lipinski definition) is 5. The normalized spacial score (nSPS) is 15.7. The van der Waals surface area contributed by atoms with Crippen molar-refractivity contribution in [3.05, 3.63) is 39.2 Å². The van der Waals surface area contributed by atoms with Crippen LogP contribution in [0.2, 0.25) is 0 Å². The molecule has 0 radical (unpaired) electrons. The minimum absolute atomic E-state index is 0.117. The van der Waals surface area contributed by atoms with E-state index in [0.717, 1.165) is 21.3 Å². The summed E-state index contributed by atoms with van der Waals surface area (Å²) in [7, 11) is -3.69. The molecule has 0 unspecified atom stereocenters. The highest BCUT2D eigenvalue weighted by Crippen LogP contribution is 2.26. The summed E-state index contributed by atoms with van der Waals surface area (Å²) < 4.78 is 33.1. The van der Waals surface area contributed by atoms with Crippen LogP contribution in [0.3, 0.4) is 0 Å². The lowest BCUT2D eigenvalue weighted by Crippen LogP contribution is -2.51. The molecular formula is C18H23BrN4O4S. The number of rotatable bonds is 3. The van der Waals surface area contributed by atoms with Crippen LogP contribution in [0.15, 0.2) is 26.0 Å². The molecule has 1 aromatic carbocycles. The molecule has 0 aliphatic carbocycles. The van der Waals surface area contributed by atoms with E-state index in [4.69, 9.17) is 4.52 Å². The van der Waals surface area contributed by atoms with E-state index < -0.39 is 10.0 Å². The van der Waals surface area contributed by atoms with E-state index in [2.05, 4.69) is 26.4 Å². The van der Waals surface area contributed by atoms with Crippen molar-refractivity contribution in [2.24, 2.45) is 0 Å². The van der Waals surface area contributed by atoms with E-state index in [1.807, 2.05) is 26.0 Å². The summed E-state index contributed by atoms with van der Waals surface area (Å²) >= 11 is 3.44. The average Bonchev–Trinajstić information content (AvgIpc) is 2.97. The Labute approximate surface area is 173 Å². The molecule has 28 heavy (non-hydrogen) atoms. The van der Waals surface area contributed by atoms with Crippen LogP contribution < -0.4 is 5.32 Å². The Balaban J connectivity index is 1.68. The van der Waals surface area contributed by atoms with Crippen LogP contribution in [-0.2, 0) is 10.0 Å². The highest BCUT2D eigenvalue weighted by molar-refractivity contribution is 9.10. The molecule has 1 fully saturated rings. The van der Waals surface area contributed by atoms with Gasteiger partial charge in [-0.1, -0.05) is 21.1 Å². The van der Waals surface area contributed by atoms with Gasteiger partial charge in [-0.3, -0.25) is 0 Å². The number of nitrogens with zero attached hydrogens (tertiary/aromatic N) is 3. The molecule has 0 bridgehead atoms. The highest BCUT2D eigenvalue weighted by atomic mass is 79.9. The Kier molecular flexibility index (Phi) is 5.83. The minimum Gasteiger partial charge on any atom is -0.360 e. The number of nitrogens with one attached hydrogen (secondary N) is 1. The fraction of sp³-hybridized carbons (Fsp3) is 0.444. The Morgan fingerprint density at radius 1 is 1.11 bits per heavy atom. The topological polar surface area (TPSA) is 95.8 Å². The van der Waals surface area contributed by atoms with Gasteiger partial charge in [0.1, 0.15) is 10.6 Å². The molecule has 2 amide bonds. The lowest BCUT2D eigenvalue weighted by atomic mass is 10.1. The molecule has 1 saturated heterocycles. The van der Waals surface area contributed by atoms with E-state index in [-0.39, 0.29) is 29.8 Å². The van der Waals surface area contributed by atoms with Gasteiger partial charge in [0.15, 0.2) is 5.76 Å². The minimum atomic E-state index is -3.69. The van der Waals surface area contributed by atoms with E-state index in [9.17, 15) is 13.2 Å². The predicted octanol–water partition coefficient (Wildman–Crippen LogP) is 3.21. The zero-order valence-corrected chi connectivity index (χ0v) is 18.6. The predicted molar refractivity (Wildman–Crippen MR) is 109 cm³/mol. The molecule has 0 saturated carbocycles. The average molecular weight is 471 g/mol. The maximum Gasteiger partial charge on any atom is 0.321 e. The first-order valence-electron chi connectivity index (χ1n) is 8.87. The van der Waals surface area contributed by atoms with E-state index in [1.54, 1.807) is 18.7 Å². The Bertz CT molecular complexity index is 968. The van der Waals surface area contributed by atoms with E-state index in [0.29, 0.717) is 18.8 Å². The second-order valence-electron chi connectivity index (χ2n) is 6.89. The number of hydrogen-bond donors (Lipinski definition) is 1. The van der Waals surface area contributed by atoms with Gasteiger partial charge in [-0.2, -0.15) is 4.31 Å². The molecule has 2 heterocycles. The number of amides is 2. The molecule has 152 valence electrons. The molecule has 0 spiro atoms. The number of anilines is 1. The Hall–Kier alpha value is -1.91. The molecule has 1 aliphatic rings. The smallest absolute Gasteiger partial charge is 0.321 e. The monoisotopic (exact) mass is 470 g/mol. The van der Waals surface area contributed by atoms with Crippen molar-refractivity contribution in [1.29, 1.82) is 0 Å². The van der Waals surface area contributed by atoms with Gasteiger partial charge in [0.2, 0.25) is 10.0 Å². The van der Waals surface area contributed by atoms with Gasteiger partial charge >= 0.3 is 6.03 Å². The summed E-state index contributed by atoms with van der Waals surface area (Å²) in [6, 6.07) is 3.65. The quantitative estimate of drug-likeness (QED) is 0.742. The second-order valence-corrected chi connectivity index (χ2v) is 9.68. The lowest BCUT2D eigenvalue weighted by Gasteiger charge is -2.34. The summed E-state index contributed by atoms with van der Waals surface area (Å²) in [4.78, 5) is 14.4. The van der Waals surface area contributed by atoms with E-state index >= 15 is 0 Å². The first-order chi connectivity index (χ1) is 13.1. The van der Waals surface area contributed by atoms with Crippen LogP contribution >= 0.6 is 15.9 Å². The van der Waals surface area contributed by atoms with Crippen molar-refractivity contribution in [2.45, 2.75) is 32.6 Å². The Morgan fingerprint density at radius 2 is 1.68 bits per heavy atom. The fourth-order valence-electron chi connectivity index (χ4n) is 3.40. The van der Waals surface area contributed by atoms with Gasteiger partial charge in [0.25, 0.3) is 0 Å². The number of piperazine rings is 1. The summed E-state index contributed by atoms with van der Waals surface area (Å²) in [5.74, 6) is 0.277. The zero-order valence-electron chi connectivity index (χ0n) is 16.2. The van der Waals surface area contributed by atoms with Gasteiger partial charge in [-0.15, -0.1) is 0 Å². The molecule has 1 N–H and O–H groups in total. The number of carbonyl (C=O) groups is 1. The summed E-state index contributed by atoms with van der Waals surface area (Å²) in [5.41, 5.74) is 3.04. The number of carbonyl (C=O) groups excluding carboxylic acids is 1. The molecular weight excluding hydrogens is 448 g/mol. The maximum atomic E-state index is 12.9. The molecule has 8 nitrogen and oxygen atoms in total. The Morgan fingerprint density at radius 3 is 2.18 bits per heavy atom. The lowest BCUT2D eigenvalue weighted by molar-refractivity contribution is 0.184. The third kappa shape index (κ3) is 3.94. The maximum absolute atomic E-state index is 12.9. The number of benzene rings is 1. The number of urea groups is 1. The third-order valence-corrected chi connectivity index (χ3v) is 7.42. The van der Waals surface area contributed by atoms with Crippen LogP contribution in [0.5, 0.6) is 0 Å². The SMILES string of the molecule is Cc1cc(Br)cc(C)c1NC(=O)N1CCN(S(=O)(=O)c2c(C)noc2C)CC1. The van der Waals surface area contributed by atoms with E-state index in [1.165, 1.54) is 4.31 Å². The highest BCUT2D eigenvalue weighted by Gasteiger charge is 2.34. The van der Waals surface area contributed by atoms with Crippen molar-refractivity contribution in [3.63, 3.8) is 0 Å². The first kappa shape index (κ1) is 20.8. The molecule has 10 heteroatoms. The number of aryl methyl sites for hydroxylation is 4. The van der Waals surface area contributed by atoms with Crippen LogP contribution in [0, 0.1) is 27.7 Å². The van der Waals surface area contributed by atoms with Crippen molar-refractivity contribution in [3.8, 4) is 0 Å². The first-order valence-corrected chi connectivity index (χ1v) is 11.1. The van der Waals surface area contributed by atoms with Crippen molar-refractivity contribution >= 4 is 37.7 Å².